The average molecular weight is 537 g/mol. The molecule has 1 N–H and O–H groups in total. The van der Waals surface area contributed by atoms with Crippen molar-refractivity contribution in [1.82, 2.24) is 24.4 Å². The average Bonchev–Trinajstić information content (AvgIpc) is 3.26. The Morgan fingerprint density at radius 2 is 2.00 bits per heavy atom. The Bertz CT molecular complexity index is 1320. The van der Waals surface area contributed by atoms with E-state index in [1.165, 1.54) is 12.4 Å². The summed E-state index contributed by atoms with van der Waals surface area (Å²) >= 11 is 1.61. The Kier molecular flexibility index (Phi) is 9.71. The molecule has 2 aromatic heterocycles. The fraction of sp³-hybridized carbons (Fsp3) is 0.385. The molecule has 3 aromatic rings. The van der Waals surface area contributed by atoms with E-state index in [9.17, 15) is 4.79 Å². The van der Waals surface area contributed by atoms with E-state index in [0.29, 0.717) is 49.9 Å². The highest BCUT2D eigenvalue weighted by molar-refractivity contribution is 7.99. The highest BCUT2D eigenvalue weighted by Crippen LogP contribution is 2.29. The Hall–Kier alpha value is -3.45. The standard InChI is InChI=1S/C26H32N8O3S/c1-27-14-19(17-36)15-28-18-32(2)16-22-29-23-25(33(22)3)30-24(31-26(23)34-8-11-37-12-9-34)20-4-6-21(7-5-20)38-13-10-35/h4-7,14-15,17,35H,1,8-13,16,18H2,2-3H3/b19-14+,28-15?. The van der Waals surface area contributed by atoms with Crippen molar-refractivity contribution in [2.45, 2.75) is 11.4 Å². The number of carbonyl (C=O) groups is 1. The molecule has 1 aliphatic rings. The summed E-state index contributed by atoms with van der Waals surface area (Å²) < 4.78 is 7.56. The molecule has 38 heavy (non-hydrogen) atoms. The van der Waals surface area contributed by atoms with Gasteiger partial charge in [-0.1, -0.05) is 12.1 Å². The van der Waals surface area contributed by atoms with E-state index < -0.39 is 0 Å². The van der Waals surface area contributed by atoms with Crippen LogP contribution in [-0.2, 0) is 23.1 Å². The van der Waals surface area contributed by atoms with E-state index in [1.54, 1.807) is 11.8 Å². The van der Waals surface area contributed by atoms with E-state index in [4.69, 9.17) is 24.8 Å². The van der Waals surface area contributed by atoms with Crippen LogP contribution < -0.4 is 4.90 Å². The van der Waals surface area contributed by atoms with Crippen molar-refractivity contribution in [2.24, 2.45) is 17.0 Å². The highest BCUT2D eigenvalue weighted by atomic mass is 32.2. The van der Waals surface area contributed by atoms with E-state index in [0.717, 1.165) is 46.4 Å². The van der Waals surface area contributed by atoms with Crippen molar-refractivity contribution < 1.29 is 14.6 Å². The van der Waals surface area contributed by atoms with Crippen LogP contribution in [0.2, 0.25) is 0 Å². The zero-order valence-electron chi connectivity index (χ0n) is 21.7. The third-order valence-electron chi connectivity index (χ3n) is 5.93. The van der Waals surface area contributed by atoms with Gasteiger partial charge < -0.3 is 19.3 Å². The zero-order chi connectivity index (χ0) is 26.9. The molecule has 200 valence electrons. The van der Waals surface area contributed by atoms with Crippen LogP contribution in [-0.4, -0.2) is 101 Å². The quantitative estimate of drug-likeness (QED) is 0.161. The van der Waals surface area contributed by atoms with Crippen molar-refractivity contribution in [3.05, 3.63) is 41.9 Å². The predicted octanol–water partition coefficient (Wildman–Crippen LogP) is 2.19. The summed E-state index contributed by atoms with van der Waals surface area (Å²) in [6.45, 7) is 7.14. The molecular weight excluding hydrogens is 504 g/mol. The summed E-state index contributed by atoms with van der Waals surface area (Å²) in [6, 6.07) is 8.07. The summed E-state index contributed by atoms with van der Waals surface area (Å²) in [4.78, 5) is 39.1. The van der Waals surface area contributed by atoms with Crippen LogP contribution in [0.4, 0.5) is 5.82 Å². The zero-order valence-corrected chi connectivity index (χ0v) is 22.5. The smallest absolute Gasteiger partial charge is 0.166 e. The second kappa shape index (κ2) is 13.4. The number of hydrogen-bond donors (Lipinski definition) is 1. The molecular formula is C26H32N8O3S. The maximum Gasteiger partial charge on any atom is 0.166 e. The van der Waals surface area contributed by atoms with Crippen LogP contribution in [0.1, 0.15) is 5.82 Å². The number of aliphatic hydroxyl groups excluding tert-OH is 1. The second-order valence-electron chi connectivity index (χ2n) is 8.72. The second-order valence-corrected chi connectivity index (χ2v) is 9.89. The maximum absolute atomic E-state index is 11.0. The van der Waals surface area contributed by atoms with E-state index in [1.807, 2.05) is 47.8 Å². The third-order valence-corrected chi connectivity index (χ3v) is 6.92. The minimum atomic E-state index is 0.142. The van der Waals surface area contributed by atoms with Crippen LogP contribution in [0.25, 0.3) is 22.6 Å². The number of imidazole rings is 1. The number of thioether (sulfide) groups is 1. The first kappa shape index (κ1) is 27.6. The van der Waals surface area contributed by atoms with Crippen molar-refractivity contribution in [3.63, 3.8) is 0 Å². The van der Waals surface area contributed by atoms with Crippen molar-refractivity contribution in [1.29, 1.82) is 0 Å². The first-order valence-electron chi connectivity index (χ1n) is 12.2. The van der Waals surface area contributed by atoms with Gasteiger partial charge in [0.05, 0.1) is 38.6 Å². The topological polar surface area (TPSA) is 121 Å². The number of allylic oxidation sites excluding steroid dienone is 1. The lowest BCUT2D eigenvalue weighted by molar-refractivity contribution is -0.104. The molecule has 0 amide bonds. The third kappa shape index (κ3) is 6.70. The normalized spacial score (nSPS) is 14.6. The van der Waals surface area contributed by atoms with Crippen LogP contribution in [0.3, 0.4) is 0 Å². The van der Waals surface area contributed by atoms with Crippen LogP contribution >= 0.6 is 11.8 Å². The maximum atomic E-state index is 11.0. The molecule has 0 atom stereocenters. The Labute approximate surface area is 226 Å². The number of rotatable bonds is 12. The molecule has 12 heteroatoms. The monoisotopic (exact) mass is 536 g/mol. The lowest BCUT2D eigenvalue weighted by Gasteiger charge is -2.28. The fourth-order valence-corrected chi connectivity index (χ4v) is 4.65. The van der Waals surface area contributed by atoms with Gasteiger partial charge in [-0.05, 0) is 25.9 Å². The van der Waals surface area contributed by atoms with Crippen LogP contribution in [0, 0.1) is 0 Å². The minimum absolute atomic E-state index is 0.142. The number of aldehydes is 1. The number of anilines is 1. The first-order chi connectivity index (χ1) is 18.5. The lowest BCUT2D eigenvalue weighted by Crippen LogP contribution is -2.37. The van der Waals surface area contributed by atoms with Gasteiger partial charge in [-0.3, -0.25) is 19.7 Å². The van der Waals surface area contributed by atoms with Gasteiger partial charge in [-0.25, -0.2) is 15.0 Å². The van der Waals surface area contributed by atoms with Crippen LogP contribution in [0.5, 0.6) is 0 Å². The number of fused-ring (bicyclic) bond motifs is 1. The molecule has 0 saturated carbocycles. The summed E-state index contributed by atoms with van der Waals surface area (Å²) in [6.07, 6.45) is 3.54. The molecule has 1 saturated heterocycles. The highest BCUT2D eigenvalue weighted by Gasteiger charge is 2.23. The van der Waals surface area contributed by atoms with Gasteiger partial charge in [0.2, 0.25) is 0 Å². The summed E-state index contributed by atoms with van der Waals surface area (Å²) in [5.74, 6) is 2.91. The summed E-state index contributed by atoms with van der Waals surface area (Å²) in [7, 11) is 3.89. The molecule has 4 rings (SSSR count). The van der Waals surface area contributed by atoms with Crippen LogP contribution in [0.15, 0.2) is 50.9 Å². The Morgan fingerprint density at radius 1 is 1.24 bits per heavy atom. The van der Waals surface area contributed by atoms with E-state index in [-0.39, 0.29) is 6.61 Å². The number of morpholine rings is 1. The van der Waals surface area contributed by atoms with Crippen molar-refractivity contribution in [2.75, 3.05) is 57.3 Å². The Balaban J connectivity index is 1.64. The molecule has 0 radical (unpaired) electrons. The van der Waals surface area contributed by atoms with Gasteiger partial charge in [0, 0.05) is 48.8 Å². The van der Waals surface area contributed by atoms with E-state index >= 15 is 0 Å². The number of ether oxygens (including phenoxy) is 1. The number of carbonyl (C=O) groups excluding carboxylic acids is 1. The number of aliphatic imine (C=N–C) groups is 2. The van der Waals surface area contributed by atoms with Gasteiger partial charge in [0.25, 0.3) is 0 Å². The minimum Gasteiger partial charge on any atom is -0.396 e. The molecule has 0 bridgehead atoms. The molecule has 11 nitrogen and oxygen atoms in total. The Morgan fingerprint density at radius 3 is 2.68 bits per heavy atom. The van der Waals surface area contributed by atoms with Gasteiger partial charge in [0.15, 0.2) is 29.1 Å². The fourth-order valence-electron chi connectivity index (χ4n) is 4.00. The molecule has 0 unspecified atom stereocenters. The number of hydrogen-bond acceptors (Lipinski definition) is 11. The van der Waals surface area contributed by atoms with Gasteiger partial charge in [-0.2, -0.15) is 0 Å². The molecule has 0 spiro atoms. The molecule has 1 aromatic carbocycles. The largest absolute Gasteiger partial charge is 0.396 e. The number of aliphatic hydroxyl groups is 1. The first-order valence-corrected chi connectivity index (χ1v) is 13.2. The molecule has 1 aliphatic heterocycles. The molecule has 0 aliphatic carbocycles. The number of aromatic nitrogens is 4. The van der Waals surface area contributed by atoms with E-state index in [2.05, 4.69) is 21.6 Å². The molecule has 3 heterocycles. The predicted molar refractivity (Wildman–Crippen MR) is 151 cm³/mol. The van der Waals surface area contributed by atoms with Gasteiger partial charge >= 0.3 is 0 Å². The van der Waals surface area contributed by atoms with Crippen molar-refractivity contribution in [3.8, 4) is 11.4 Å². The molecule has 1 fully saturated rings. The summed E-state index contributed by atoms with van der Waals surface area (Å²) in [5.41, 5.74) is 2.78. The van der Waals surface area contributed by atoms with Crippen molar-refractivity contribution >= 4 is 48.0 Å². The van der Waals surface area contributed by atoms with Gasteiger partial charge in [0.1, 0.15) is 5.82 Å². The number of nitrogens with zero attached hydrogens (tertiary/aromatic N) is 8. The number of benzene rings is 1. The lowest BCUT2D eigenvalue weighted by atomic mass is 10.2. The SMILES string of the molecule is C=N/C=C(/C=O)C=NCN(C)Cc1nc2c(N3CCOCC3)nc(-c3ccc(SCCO)cc3)nc2n1C. The van der Waals surface area contributed by atoms with Gasteiger partial charge in [-0.15, -0.1) is 11.8 Å². The summed E-state index contributed by atoms with van der Waals surface area (Å²) in [5, 5.41) is 9.10. The number of aryl methyl sites for hydroxylation is 1.